The van der Waals surface area contributed by atoms with E-state index in [2.05, 4.69) is 9.82 Å². The fourth-order valence-corrected chi connectivity index (χ4v) is 6.24. The molecule has 4 aromatic rings. The van der Waals surface area contributed by atoms with Crippen molar-refractivity contribution in [1.29, 1.82) is 0 Å². The molecular weight excluding hydrogens is 635 g/mol. The Bertz CT molecular complexity index is 1710. The number of carboxylic acids is 1. The van der Waals surface area contributed by atoms with E-state index < -0.39 is 22.2 Å². The molecule has 4 N–H and O–H groups in total. The molecule has 2 aromatic carbocycles. The number of carboxylic acid groups (broad SMARTS) is 1. The first-order valence-electron chi connectivity index (χ1n) is 12.2. The maximum absolute atomic E-state index is 13.0. The number of benzene rings is 2. The summed E-state index contributed by atoms with van der Waals surface area (Å²) in [5.74, 6) is -2.45. The number of nitrogens with two attached hydrogens (primary N) is 1. The number of thiophene rings is 1. The molecule has 0 bridgehead atoms. The van der Waals surface area contributed by atoms with Gasteiger partial charge in [0.1, 0.15) is 9.96 Å². The Morgan fingerprint density at radius 3 is 2.28 bits per heavy atom. The van der Waals surface area contributed by atoms with Gasteiger partial charge in [-0.2, -0.15) is 18.3 Å². The molecule has 4 rings (SSSR count). The Morgan fingerprint density at radius 2 is 1.77 bits per heavy atom. The van der Waals surface area contributed by atoms with E-state index in [-0.39, 0.29) is 22.0 Å². The summed E-state index contributed by atoms with van der Waals surface area (Å²) >= 11 is 6.91. The van der Waals surface area contributed by atoms with Gasteiger partial charge in [0.2, 0.25) is 5.91 Å². The number of nitrogens with zero attached hydrogens (tertiary/aromatic N) is 3. The van der Waals surface area contributed by atoms with Crippen molar-refractivity contribution in [3.63, 3.8) is 0 Å². The van der Waals surface area contributed by atoms with Crippen LogP contribution >= 0.6 is 22.9 Å². The number of likely N-dealkylation sites (N-methyl/N-ethyl adjacent to an activating group) is 1. The number of fused-ring (bicyclic) bond motifs is 1. The number of alkyl halides is 3. The van der Waals surface area contributed by atoms with Crippen LogP contribution in [0.5, 0.6) is 5.75 Å². The highest BCUT2D eigenvalue weighted by atomic mass is 35.5. The van der Waals surface area contributed by atoms with Crippen LogP contribution in [-0.2, 0) is 32.7 Å². The molecule has 0 aliphatic rings. The summed E-state index contributed by atoms with van der Waals surface area (Å²) in [6.45, 7) is 2.75. The number of methoxy groups -OCH3 is 1. The lowest BCUT2D eigenvalue weighted by Crippen LogP contribution is -2.39. The highest BCUT2D eigenvalue weighted by Gasteiger charge is 2.38. The maximum Gasteiger partial charge on any atom is 0.490 e. The second-order valence-corrected chi connectivity index (χ2v) is 12.8. The average Bonchev–Trinajstić information content (AvgIpc) is 3.53. The number of rotatable bonds is 10. The van der Waals surface area contributed by atoms with Crippen LogP contribution in [0.2, 0.25) is 4.34 Å². The zero-order chi connectivity index (χ0) is 32.1. The third-order valence-corrected chi connectivity index (χ3v) is 9.17. The van der Waals surface area contributed by atoms with Crippen molar-refractivity contribution in [3.05, 3.63) is 70.1 Å². The number of ether oxygens (including phenoxy) is 1. The maximum atomic E-state index is 13.0. The normalized spacial score (nSPS) is 12.5. The van der Waals surface area contributed by atoms with Gasteiger partial charge in [0, 0.05) is 6.54 Å². The van der Waals surface area contributed by atoms with Gasteiger partial charge in [0.25, 0.3) is 10.0 Å². The van der Waals surface area contributed by atoms with E-state index in [1.165, 1.54) is 19.2 Å². The monoisotopic (exact) mass is 661 g/mol. The van der Waals surface area contributed by atoms with E-state index in [0.29, 0.717) is 28.6 Å². The SMILES string of the molecule is COc1cccc2c1c(NS(=O)(=O)c1ccc(Cl)s1)nn2Cc1ccc(CN(C)[C@H](C)C(N)=O)cc1.O=C(O)C(F)(F)F. The summed E-state index contributed by atoms with van der Waals surface area (Å²) in [4.78, 5) is 22.2. The van der Waals surface area contributed by atoms with Gasteiger partial charge >= 0.3 is 12.1 Å². The first-order chi connectivity index (χ1) is 20.0. The van der Waals surface area contributed by atoms with Crippen molar-refractivity contribution >= 4 is 61.6 Å². The van der Waals surface area contributed by atoms with Gasteiger partial charge in [-0.15, -0.1) is 11.3 Å². The van der Waals surface area contributed by atoms with E-state index in [0.717, 1.165) is 28.0 Å². The van der Waals surface area contributed by atoms with Crippen molar-refractivity contribution in [2.24, 2.45) is 5.73 Å². The summed E-state index contributed by atoms with van der Waals surface area (Å²) in [5.41, 5.74) is 8.11. The zero-order valence-corrected chi connectivity index (χ0v) is 25.3. The second kappa shape index (κ2) is 13.6. The van der Waals surface area contributed by atoms with Gasteiger partial charge in [0.15, 0.2) is 5.82 Å². The Hall–Kier alpha value is -3.86. The summed E-state index contributed by atoms with van der Waals surface area (Å²) in [7, 11) is -0.511. The number of anilines is 1. The number of hydrogen-bond acceptors (Lipinski definition) is 8. The second-order valence-electron chi connectivity index (χ2n) is 9.14. The fraction of sp³-hybridized carbons (Fsp3) is 0.269. The molecule has 0 fully saturated rings. The molecule has 0 aliphatic carbocycles. The van der Waals surface area contributed by atoms with E-state index in [1.807, 2.05) is 48.3 Å². The van der Waals surface area contributed by atoms with Crippen molar-refractivity contribution in [3.8, 4) is 5.75 Å². The minimum absolute atomic E-state index is 0.0938. The molecule has 0 saturated heterocycles. The minimum Gasteiger partial charge on any atom is -0.496 e. The van der Waals surface area contributed by atoms with Crippen molar-refractivity contribution in [1.82, 2.24) is 14.7 Å². The van der Waals surface area contributed by atoms with Gasteiger partial charge in [-0.3, -0.25) is 19.1 Å². The topological polar surface area (TPSA) is 157 Å². The number of nitrogens with one attached hydrogen (secondary N) is 1. The number of amides is 1. The molecule has 232 valence electrons. The van der Waals surface area contributed by atoms with Crippen LogP contribution in [0.3, 0.4) is 0 Å². The Kier molecular flexibility index (Phi) is 10.7. The van der Waals surface area contributed by atoms with Crippen LogP contribution in [0.1, 0.15) is 18.1 Å². The molecule has 0 radical (unpaired) electrons. The van der Waals surface area contributed by atoms with Gasteiger partial charge in [-0.25, -0.2) is 13.2 Å². The molecule has 17 heteroatoms. The lowest BCUT2D eigenvalue weighted by molar-refractivity contribution is -0.192. The first kappa shape index (κ1) is 33.6. The van der Waals surface area contributed by atoms with Gasteiger partial charge in [0.05, 0.1) is 34.9 Å². The number of sulfonamides is 1. The van der Waals surface area contributed by atoms with Crippen LogP contribution in [-0.4, -0.2) is 66.5 Å². The van der Waals surface area contributed by atoms with Crippen molar-refractivity contribution in [2.45, 2.75) is 36.4 Å². The minimum atomic E-state index is -5.08. The lowest BCUT2D eigenvalue weighted by atomic mass is 10.1. The lowest BCUT2D eigenvalue weighted by Gasteiger charge is -2.22. The van der Waals surface area contributed by atoms with E-state index >= 15 is 0 Å². The molecule has 1 amide bonds. The van der Waals surface area contributed by atoms with Crippen LogP contribution in [0.25, 0.3) is 10.9 Å². The third kappa shape index (κ3) is 8.59. The Morgan fingerprint density at radius 1 is 1.16 bits per heavy atom. The van der Waals surface area contributed by atoms with Gasteiger partial charge in [-0.05, 0) is 49.4 Å². The summed E-state index contributed by atoms with van der Waals surface area (Å²) in [6, 6.07) is 16.0. The summed E-state index contributed by atoms with van der Waals surface area (Å²) < 4.78 is 67.9. The van der Waals surface area contributed by atoms with E-state index in [9.17, 15) is 26.4 Å². The molecule has 2 aromatic heterocycles. The molecule has 1 atom stereocenters. The largest absolute Gasteiger partial charge is 0.496 e. The standard InChI is InChI=1S/C24H26ClN5O4S2.C2HF3O2/c1-15(23(26)31)29(2)13-16-7-9-17(10-8-16)14-30-18-5-4-6-19(34-3)22(18)24(27-30)28-36(32,33)21-12-11-20(25)35-21;3-2(4,5)1(6)7/h4-12,15H,13-14H2,1-3H3,(H2,26,31)(H,27,28);(H,6,7)/t15-;/m1./s1. The van der Waals surface area contributed by atoms with Crippen molar-refractivity contribution < 1.29 is 41.0 Å². The molecule has 2 heterocycles. The number of aliphatic carboxylic acids is 1. The third-order valence-electron chi connectivity index (χ3n) is 6.11. The molecule has 0 aliphatic heterocycles. The van der Waals surface area contributed by atoms with Crippen LogP contribution in [0.4, 0.5) is 19.0 Å². The summed E-state index contributed by atoms with van der Waals surface area (Å²) in [6.07, 6.45) is -5.08. The van der Waals surface area contributed by atoms with Crippen LogP contribution < -0.4 is 15.2 Å². The highest BCUT2D eigenvalue weighted by molar-refractivity contribution is 7.94. The quantitative estimate of drug-likeness (QED) is 0.224. The Balaban J connectivity index is 0.000000646. The van der Waals surface area contributed by atoms with E-state index in [4.69, 9.17) is 32.0 Å². The molecule has 43 heavy (non-hydrogen) atoms. The number of halogens is 4. The predicted molar refractivity (Wildman–Crippen MR) is 156 cm³/mol. The van der Waals surface area contributed by atoms with Gasteiger partial charge in [-0.1, -0.05) is 41.9 Å². The smallest absolute Gasteiger partial charge is 0.490 e. The number of carbonyl (C=O) groups is 2. The molecule has 0 unspecified atom stereocenters. The summed E-state index contributed by atoms with van der Waals surface area (Å²) in [5, 5.41) is 12.3. The number of primary amides is 1. The molecule has 0 saturated carbocycles. The highest BCUT2D eigenvalue weighted by Crippen LogP contribution is 2.35. The molecular formula is C26H27ClF3N5O6S2. The van der Waals surface area contributed by atoms with Crippen molar-refractivity contribution in [2.75, 3.05) is 18.9 Å². The predicted octanol–water partition coefficient (Wildman–Crippen LogP) is 4.55. The Labute approximate surface area is 253 Å². The van der Waals surface area contributed by atoms with E-state index in [1.54, 1.807) is 17.7 Å². The average molecular weight is 662 g/mol. The van der Waals surface area contributed by atoms with Crippen LogP contribution in [0.15, 0.2) is 58.8 Å². The first-order valence-corrected chi connectivity index (χ1v) is 14.9. The fourth-order valence-electron chi connectivity index (χ4n) is 3.74. The number of aromatic nitrogens is 2. The molecule has 0 spiro atoms. The van der Waals surface area contributed by atoms with Crippen LogP contribution in [0, 0.1) is 0 Å². The zero-order valence-electron chi connectivity index (χ0n) is 22.9. The number of carbonyl (C=O) groups excluding carboxylic acids is 1. The molecule has 11 nitrogen and oxygen atoms in total. The number of hydrogen-bond donors (Lipinski definition) is 3. The van der Waals surface area contributed by atoms with Gasteiger partial charge < -0.3 is 15.6 Å².